The first kappa shape index (κ1) is 17.7. The van der Waals surface area contributed by atoms with Gasteiger partial charge in [0.25, 0.3) is 0 Å². The summed E-state index contributed by atoms with van der Waals surface area (Å²) in [5.41, 5.74) is 3.37. The molecule has 1 fully saturated rings. The molecule has 1 amide bonds. The summed E-state index contributed by atoms with van der Waals surface area (Å²) in [4.78, 5) is 12.9. The third-order valence-electron chi connectivity index (χ3n) is 5.61. The molecule has 3 nitrogen and oxygen atoms in total. The van der Waals surface area contributed by atoms with E-state index >= 15 is 0 Å². The van der Waals surface area contributed by atoms with E-state index in [1.165, 1.54) is 11.1 Å². The zero-order chi connectivity index (χ0) is 18.5. The minimum Gasteiger partial charge on any atom is -0.326 e. The van der Waals surface area contributed by atoms with Gasteiger partial charge in [-0.15, -0.1) is 0 Å². The predicted molar refractivity (Wildman–Crippen MR) is 111 cm³/mol. The van der Waals surface area contributed by atoms with Gasteiger partial charge in [0, 0.05) is 12.2 Å². The lowest BCUT2D eigenvalue weighted by Crippen LogP contribution is -2.32. The number of amides is 1. The maximum Gasteiger partial charge on any atom is 0.229 e. The molecule has 1 unspecified atom stereocenters. The van der Waals surface area contributed by atoms with E-state index in [0.717, 1.165) is 31.6 Å². The topological polar surface area (TPSA) is 41.1 Å². The molecule has 2 N–H and O–H groups in total. The Hall–Kier alpha value is -2.65. The van der Waals surface area contributed by atoms with Gasteiger partial charge < -0.3 is 10.6 Å². The lowest BCUT2D eigenvalue weighted by Gasteiger charge is -2.25. The fourth-order valence-electron chi connectivity index (χ4n) is 4.18. The Morgan fingerprint density at radius 3 is 2.67 bits per heavy atom. The SMILES string of the molecule is O=C(Nc1cccc(Cc2ccccc2)c1)[C@@H]1CNC[C@H]1C1C=CC=CC1. The second kappa shape index (κ2) is 8.36. The number of anilines is 1. The van der Waals surface area contributed by atoms with Crippen molar-refractivity contribution < 1.29 is 4.79 Å². The van der Waals surface area contributed by atoms with E-state index in [0.29, 0.717) is 11.8 Å². The van der Waals surface area contributed by atoms with Crippen molar-refractivity contribution in [2.24, 2.45) is 17.8 Å². The molecule has 1 aliphatic carbocycles. The van der Waals surface area contributed by atoms with E-state index in [1.807, 2.05) is 18.2 Å². The number of allylic oxidation sites excluding steroid dienone is 4. The summed E-state index contributed by atoms with van der Waals surface area (Å²) < 4.78 is 0. The molecule has 1 aliphatic heterocycles. The van der Waals surface area contributed by atoms with Crippen LogP contribution in [0, 0.1) is 17.8 Å². The van der Waals surface area contributed by atoms with Crippen molar-refractivity contribution in [3.63, 3.8) is 0 Å². The van der Waals surface area contributed by atoms with Crippen LogP contribution < -0.4 is 10.6 Å². The fraction of sp³-hybridized carbons (Fsp3) is 0.292. The molecule has 0 spiro atoms. The number of carbonyl (C=O) groups excluding carboxylic acids is 1. The normalized spacial score (nSPS) is 24.1. The van der Waals surface area contributed by atoms with Gasteiger partial charge in [-0.2, -0.15) is 0 Å². The molecule has 138 valence electrons. The van der Waals surface area contributed by atoms with Crippen LogP contribution in [0.15, 0.2) is 78.9 Å². The highest BCUT2D eigenvalue weighted by Crippen LogP contribution is 2.31. The molecule has 1 saturated heterocycles. The molecule has 0 bridgehead atoms. The lowest BCUT2D eigenvalue weighted by molar-refractivity contribution is -0.120. The number of hydrogen-bond acceptors (Lipinski definition) is 2. The van der Waals surface area contributed by atoms with Crippen LogP contribution in [0.4, 0.5) is 5.69 Å². The van der Waals surface area contributed by atoms with Crippen LogP contribution in [0.3, 0.4) is 0 Å². The highest BCUT2D eigenvalue weighted by atomic mass is 16.1. The van der Waals surface area contributed by atoms with Crippen LogP contribution in [0.25, 0.3) is 0 Å². The maximum atomic E-state index is 12.9. The summed E-state index contributed by atoms with van der Waals surface area (Å²) in [5, 5.41) is 6.57. The quantitative estimate of drug-likeness (QED) is 0.842. The van der Waals surface area contributed by atoms with Crippen LogP contribution in [-0.4, -0.2) is 19.0 Å². The molecular formula is C24H26N2O. The van der Waals surface area contributed by atoms with Gasteiger partial charge in [-0.1, -0.05) is 66.8 Å². The van der Waals surface area contributed by atoms with Crippen molar-refractivity contribution in [3.05, 3.63) is 90.0 Å². The molecule has 0 aromatic heterocycles. The van der Waals surface area contributed by atoms with Crippen LogP contribution >= 0.6 is 0 Å². The van der Waals surface area contributed by atoms with E-state index in [1.54, 1.807) is 0 Å². The summed E-state index contributed by atoms with van der Waals surface area (Å²) in [6.07, 6.45) is 10.5. The van der Waals surface area contributed by atoms with Crippen molar-refractivity contribution in [2.45, 2.75) is 12.8 Å². The van der Waals surface area contributed by atoms with Crippen molar-refractivity contribution in [2.75, 3.05) is 18.4 Å². The van der Waals surface area contributed by atoms with E-state index in [9.17, 15) is 4.79 Å². The van der Waals surface area contributed by atoms with E-state index in [4.69, 9.17) is 0 Å². The van der Waals surface area contributed by atoms with Gasteiger partial charge in [0.05, 0.1) is 5.92 Å². The summed E-state index contributed by atoms with van der Waals surface area (Å²) in [5.74, 6) is 0.956. The second-order valence-electron chi connectivity index (χ2n) is 7.49. The molecule has 27 heavy (non-hydrogen) atoms. The molecule has 0 radical (unpaired) electrons. The molecular weight excluding hydrogens is 332 g/mol. The van der Waals surface area contributed by atoms with Gasteiger partial charge in [-0.3, -0.25) is 4.79 Å². The molecule has 4 rings (SSSR count). The van der Waals surface area contributed by atoms with Crippen LogP contribution in [0.1, 0.15) is 17.5 Å². The average molecular weight is 358 g/mol. The number of carbonyl (C=O) groups is 1. The van der Waals surface area contributed by atoms with Gasteiger partial charge in [-0.25, -0.2) is 0 Å². The first-order valence-corrected chi connectivity index (χ1v) is 9.77. The van der Waals surface area contributed by atoms with Gasteiger partial charge in [-0.05, 0) is 54.5 Å². The fourth-order valence-corrected chi connectivity index (χ4v) is 4.18. The molecule has 3 atom stereocenters. The molecule has 2 aromatic carbocycles. The van der Waals surface area contributed by atoms with Gasteiger partial charge >= 0.3 is 0 Å². The largest absolute Gasteiger partial charge is 0.326 e. The van der Waals surface area contributed by atoms with Crippen LogP contribution in [0.2, 0.25) is 0 Å². The first-order chi connectivity index (χ1) is 13.3. The minimum atomic E-state index is 0.0175. The standard InChI is InChI=1S/C24H26N2O/c27-24(23-17-25-16-22(23)20-11-5-2-6-12-20)26-21-13-7-10-19(15-21)14-18-8-3-1-4-9-18/h1-11,13,15,20,22-23,25H,12,14,16-17H2,(H,26,27)/t20?,22-,23+/m0/s1. The highest BCUT2D eigenvalue weighted by Gasteiger charge is 2.36. The van der Waals surface area contributed by atoms with Crippen molar-refractivity contribution in [1.29, 1.82) is 0 Å². The van der Waals surface area contributed by atoms with Crippen molar-refractivity contribution in [3.8, 4) is 0 Å². The number of hydrogen-bond donors (Lipinski definition) is 2. The van der Waals surface area contributed by atoms with Gasteiger partial charge in [0.2, 0.25) is 5.91 Å². The average Bonchev–Trinajstić information content (AvgIpc) is 3.20. The van der Waals surface area contributed by atoms with Crippen LogP contribution in [0.5, 0.6) is 0 Å². The zero-order valence-electron chi connectivity index (χ0n) is 15.5. The second-order valence-corrected chi connectivity index (χ2v) is 7.49. The Morgan fingerprint density at radius 1 is 1.00 bits per heavy atom. The summed E-state index contributed by atoms with van der Waals surface area (Å²) >= 11 is 0. The van der Waals surface area contributed by atoms with E-state index in [2.05, 4.69) is 71.3 Å². The Balaban J connectivity index is 1.42. The summed E-state index contributed by atoms with van der Waals surface area (Å²) in [6, 6.07) is 18.6. The Kier molecular flexibility index (Phi) is 5.50. The third-order valence-corrected chi connectivity index (χ3v) is 5.61. The predicted octanol–water partition coefficient (Wildman–Crippen LogP) is 4.18. The number of benzene rings is 2. The van der Waals surface area contributed by atoms with E-state index in [-0.39, 0.29) is 11.8 Å². The highest BCUT2D eigenvalue weighted by molar-refractivity contribution is 5.93. The van der Waals surface area contributed by atoms with Crippen molar-refractivity contribution >= 4 is 11.6 Å². The van der Waals surface area contributed by atoms with Crippen LogP contribution in [-0.2, 0) is 11.2 Å². The van der Waals surface area contributed by atoms with Crippen molar-refractivity contribution in [1.82, 2.24) is 5.32 Å². The monoisotopic (exact) mass is 358 g/mol. The smallest absolute Gasteiger partial charge is 0.229 e. The zero-order valence-corrected chi connectivity index (χ0v) is 15.5. The van der Waals surface area contributed by atoms with E-state index < -0.39 is 0 Å². The molecule has 1 heterocycles. The summed E-state index contributed by atoms with van der Waals surface area (Å²) in [6.45, 7) is 1.67. The third kappa shape index (κ3) is 4.37. The molecule has 0 saturated carbocycles. The Bertz CT molecular complexity index is 840. The number of nitrogens with one attached hydrogen (secondary N) is 2. The Morgan fingerprint density at radius 2 is 1.85 bits per heavy atom. The molecule has 2 aliphatic rings. The molecule has 3 heteroatoms. The Labute approximate surface area is 161 Å². The van der Waals surface area contributed by atoms with Gasteiger partial charge in [0.15, 0.2) is 0 Å². The first-order valence-electron chi connectivity index (χ1n) is 9.77. The maximum absolute atomic E-state index is 12.9. The minimum absolute atomic E-state index is 0.0175. The summed E-state index contributed by atoms with van der Waals surface area (Å²) in [7, 11) is 0. The molecule has 2 aromatic rings. The van der Waals surface area contributed by atoms with Gasteiger partial charge in [0.1, 0.15) is 0 Å². The number of rotatable bonds is 5. The lowest BCUT2D eigenvalue weighted by atomic mass is 9.80.